The number of urea groups is 1. The van der Waals surface area contributed by atoms with Crippen LogP contribution in [0, 0.1) is 6.92 Å². The van der Waals surface area contributed by atoms with Crippen molar-refractivity contribution < 1.29 is 4.79 Å². The van der Waals surface area contributed by atoms with Gasteiger partial charge in [-0.25, -0.2) is 14.8 Å². The predicted octanol–water partition coefficient (Wildman–Crippen LogP) is 1.50. The zero-order valence-electron chi connectivity index (χ0n) is 10.6. The summed E-state index contributed by atoms with van der Waals surface area (Å²) < 4.78 is 0. The van der Waals surface area contributed by atoms with Crippen LogP contribution in [0.3, 0.4) is 0 Å². The largest absolute Gasteiger partial charge is 0.348 e. The van der Waals surface area contributed by atoms with Crippen LogP contribution in [0.2, 0.25) is 0 Å². The number of aryl methyl sites for hydroxylation is 1. The van der Waals surface area contributed by atoms with Crippen molar-refractivity contribution in [2.24, 2.45) is 0 Å². The van der Waals surface area contributed by atoms with Crippen LogP contribution in [-0.4, -0.2) is 38.3 Å². The lowest BCUT2D eigenvalue weighted by molar-refractivity contribution is 0.252. The molecule has 0 unspecified atom stereocenters. The fourth-order valence-corrected chi connectivity index (χ4v) is 2.30. The summed E-state index contributed by atoms with van der Waals surface area (Å²) in [6.07, 6.45) is 4.93. The fourth-order valence-electron chi connectivity index (χ4n) is 1.42. The molecule has 0 saturated carbocycles. The monoisotopic (exact) mass is 280 g/mol. The Morgan fingerprint density at radius 1 is 1.42 bits per heavy atom. The molecule has 2 aromatic heterocycles. The van der Waals surface area contributed by atoms with Gasteiger partial charge in [0.1, 0.15) is 0 Å². The first-order chi connectivity index (χ1) is 9.25. The molecule has 19 heavy (non-hydrogen) atoms. The third-order valence-corrected chi connectivity index (χ3v) is 3.41. The number of H-pyrrole nitrogens is 2. The average molecular weight is 280 g/mol. The molecule has 0 saturated heterocycles. The van der Waals surface area contributed by atoms with E-state index in [-0.39, 0.29) is 6.03 Å². The van der Waals surface area contributed by atoms with Gasteiger partial charge in [0.25, 0.3) is 0 Å². The van der Waals surface area contributed by atoms with Crippen LogP contribution in [0.5, 0.6) is 0 Å². The summed E-state index contributed by atoms with van der Waals surface area (Å²) in [4.78, 5) is 25.4. The number of hydrogen-bond acceptors (Lipinski definition) is 4. The number of imidazole rings is 2. The highest BCUT2D eigenvalue weighted by Gasteiger charge is 2.03. The summed E-state index contributed by atoms with van der Waals surface area (Å²) in [5, 5.41) is 5.35. The van der Waals surface area contributed by atoms with Gasteiger partial charge in [-0.05, 0) is 6.92 Å². The molecule has 0 aromatic carbocycles. The van der Waals surface area contributed by atoms with E-state index in [4.69, 9.17) is 0 Å². The van der Waals surface area contributed by atoms with Gasteiger partial charge in [-0.15, -0.1) is 0 Å². The standard InChI is InChI=1S/C11H16N6OS/c1-8-9(16-7-15-8)6-19-5-4-14-11(18)17-10-12-2-3-13-10/h2-3,7H,4-6H2,1H3,(H,15,16)(H3,12,13,14,17,18). The van der Waals surface area contributed by atoms with E-state index in [1.54, 1.807) is 30.5 Å². The fraction of sp³-hybridized carbons (Fsp3) is 0.364. The summed E-state index contributed by atoms with van der Waals surface area (Å²) >= 11 is 1.73. The van der Waals surface area contributed by atoms with Crippen LogP contribution in [-0.2, 0) is 5.75 Å². The minimum absolute atomic E-state index is 0.258. The molecule has 0 radical (unpaired) electrons. The van der Waals surface area contributed by atoms with Crippen molar-refractivity contribution in [1.29, 1.82) is 0 Å². The van der Waals surface area contributed by atoms with Crippen LogP contribution in [0.1, 0.15) is 11.4 Å². The van der Waals surface area contributed by atoms with Gasteiger partial charge in [0.15, 0.2) is 0 Å². The maximum absolute atomic E-state index is 11.4. The van der Waals surface area contributed by atoms with E-state index in [2.05, 4.69) is 30.6 Å². The minimum Gasteiger partial charge on any atom is -0.348 e. The number of amides is 2. The van der Waals surface area contributed by atoms with Crippen molar-refractivity contribution in [1.82, 2.24) is 25.3 Å². The van der Waals surface area contributed by atoms with E-state index in [1.165, 1.54) is 0 Å². The number of hydrogen-bond donors (Lipinski definition) is 4. The van der Waals surface area contributed by atoms with Crippen molar-refractivity contribution in [2.75, 3.05) is 17.6 Å². The Morgan fingerprint density at radius 3 is 3.00 bits per heavy atom. The summed E-state index contributed by atoms with van der Waals surface area (Å²) in [6.45, 7) is 2.60. The highest BCUT2D eigenvalue weighted by atomic mass is 32.2. The molecule has 4 N–H and O–H groups in total. The molecule has 0 fully saturated rings. The molecule has 0 atom stereocenters. The Kier molecular flexibility index (Phi) is 4.85. The smallest absolute Gasteiger partial charge is 0.321 e. The Balaban J connectivity index is 1.57. The van der Waals surface area contributed by atoms with Gasteiger partial charge in [-0.3, -0.25) is 5.32 Å². The Bertz CT molecular complexity index is 509. The van der Waals surface area contributed by atoms with E-state index in [9.17, 15) is 4.79 Å². The van der Waals surface area contributed by atoms with Gasteiger partial charge >= 0.3 is 6.03 Å². The average Bonchev–Trinajstić information content (AvgIpc) is 3.01. The van der Waals surface area contributed by atoms with Gasteiger partial charge in [0, 0.05) is 36.1 Å². The maximum atomic E-state index is 11.4. The lowest BCUT2D eigenvalue weighted by atomic mass is 10.4. The van der Waals surface area contributed by atoms with E-state index in [0.29, 0.717) is 12.5 Å². The van der Waals surface area contributed by atoms with Crippen molar-refractivity contribution >= 4 is 23.7 Å². The van der Waals surface area contributed by atoms with Gasteiger partial charge in [-0.2, -0.15) is 11.8 Å². The van der Waals surface area contributed by atoms with Crippen LogP contribution in [0.15, 0.2) is 18.7 Å². The first kappa shape index (κ1) is 13.5. The molecule has 0 bridgehead atoms. The maximum Gasteiger partial charge on any atom is 0.321 e. The highest BCUT2D eigenvalue weighted by molar-refractivity contribution is 7.98. The minimum atomic E-state index is -0.258. The molecule has 0 aliphatic rings. The molecule has 0 aliphatic heterocycles. The van der Waals surface area contributed by atoms with Gasteiger partial charge in [-0.1, -0.05) is 0 Å². The Hall–Kier alpha value is -1.96. The zero-order valence-corrected chi connectivity index (χ0v) is 11.4. The number of thioether (sulfide) groups is 1. The SMILES string of the molecule is Cc1[nH]cnc1CSCCNC(=O)Nc1ncc[nH]1. The second kappa shape index (κ2) is 6.83. The molecule has 102 valence electrons. The number of aromatic nitrogens is 4. The Labute approximate surface area is 115 Å². The summed E-state index contributed by atoms with van der Waals surface area (Å²) in [7, 11) is 0. The lowest BCUT2D eigenvalue weighted by Crippen LogP contribution is -2.30. The molecule has 0 spiro atoms. The normalized spacial score (nSPS) is 10.4. The van der Waals surface area contributed by atoms with Crippen LogP contribution < -0.4 is 10.6 Å². The van der Waals surface area contributed by atoms with E-state index in [1.807, 2.05) is 6.92 Å². The van der Waals surface area contributed by atoms with E-state index < -0.39 is 0 Å². The molecule has 7 nitrogen and oxygen atoms in total. The van der Waals surface area contributed by atoms with Gasteiger partial charge < -0.3 is 15.3 Å². The summed E-state index contributed by atoms with van der Waals surface area (Å²) in [6, 6.07) is -0.258. The topological polar surface area (TPSA) is 98.5 Å². The third kappa shape index (κ3) is 4.32. The Morgan fingerprint density at radius 2 is 2.32 bits per heavy atom. The van der Waals surface area contributed by atoms with Crippen molar-refractivity contribution in [3.63, 3.8) is 0 Å². The molecule has 2 aromatic rings. The molecule has 8 heteroatoms. The van der Waals surface area contributed by atoms with E-state index in [0.717, 1.165) is 22.9 Å². The molecule has 2 heterocycles. The van der Waals surface area contributed by atoms with Crippen molar-refractivity contribution in [3.05, 3.63) is 30.1 Å². The number of nitrogens with one attached hydrogen (secondary N) is 4. The van der Waals surface area contributed by atoms with Crippen molar-refractivity contribution in [3.8, 4) is 0 Å². The molecular formula is C11H16N6OS. The highest BCUT2D eigenvalue weighted by Crippen LogP contribution is 2.11. The zero-order chi connectivity index (χ0) is 13.5. The van der Waals surface area contributed by atoms with Crippen LogP contribution in [0.4, 0.5) is 10.7 Å². The molecular weight excluding hydrogens is 264 g/mol. The predicted molar refractivity (Wildman–Crippen MR) is 75.1 cm³/mol. The molecule has 2 rings (SSSR count). The summed E-state index contributed by atoms with van der Waals surface area (Å²) in [5.74, 6) is 2.12. The van der Waals surface area contributed by atoms with Crippen molar-refractivity contribution in [2.45, 2.75) is 12.7 Å². The molecule has 2 amide bonds. The van der Waals surface area contributed by atoms with Gasteiger partial charge in [0.05, 0.1) is 12.0 Å². The van der Waals surface area contributed by atoms with Crippen LogP contribution >= 0.6 is 11.8 Å². The quantitative estimate of drug-likeness (QED) is 0.603. The number of aromatic amines is 2. The number of carbonyl (C=O) groups excluding carboxylic acids is 1. The lowest BCUT2D eigenvalue weighted by Gasteiger charge is -2.05. The second-order valence-electron chi connectivity index (χ2n) is 3.85. The van der Waals surface area contributed by atoms with Crippen LogP contribution in [0.25, 0.3) is 0 Å². The van der Waals surface area contributed by atoms with E-state index >= 15 is 0 Å². The molecule has 0 aliphatic carbocycles. The number of nitrogens with zero attached hydrogens (tertiary/aromatic N) is 2. The second-order valence-corrected chi connectivity index (χ2v) is 4.95. The number of rotatable bonds is 6. The first-order valence-corrected chi connectivity index (χ1v) is 7.02. The summed E-state index contributed by atoms with van der Waals surface area (Å²) in [5.41, 5.74) is 2.15. The van der Waals surface area contributed by atoms with Gasteiger partial charge in [0.2, 0.25) is 5.95 Å². The third-order valence-electron chi connectivity index (χ3n) is 2.44. The first-order valence-electron chi connectivity index (χ1n) is 5.86. The number of anilines is 1. The number of carbonyl (C=O) groups is 1.